The van der Waals surface area contributed by atoms with Crippen LogP contribution in [-0.4, -0.2) is 33.8 Å². The Morgan fingerprint density at radius 1 is 1.18 bits per heavy atom. The highest BCUT2D eigenvalue weighted by Crippen LogP contribution is 2.19. The van der Waals surface area contributed by atoms with Gasteiger partial charge in [0.25, 0.3) is 10.1 Å². The molecule has 0 unspecified atom stereocenters. The van der Waals surface area contributed by atoms with Crippen LogP contribution in [0.25, 0.3) is 16.9 Å². The molecule has 22 heavy (non-hydrogen) atoms. The highest BCUT2D eigenvalue weighted by Gasteiger charge is 2.03. The molecule has 7 nitrogen and oxygen atoms in total. The van der Waals surface area contributed by atoms with Gasteiger partial charge >= 0.3 is 0 Å². The second kappa shape index (κ2) is 7.21. The molecule has 0 spiro atoms. The molecule has 0 amide bonds. The van der Waals surface area contributed by atoms with E-state index in [2.05, 4.69) is 10.1 Å². The van der Waals surface area contributed by atoms with E-state index in [0.717, 1.165) is 22.6 Å². The minimum absolute atomic E-state index is 0. The molecule has 118 valence electrons. The van der Waals surface area contributed by atoms with E-state index in [4.69, 9.17) is 10.3 Å². The summed E-state index contributed by atoms with van der Waals surface area (Å²) in [6, 6.07) is 11.4. The lowest BCUT2D eigenvalue weighted by molar-refractivity contribution is 0.490. The second-order valence-electron chi connectivity index (χ2n) is 4.31. The van der Waals surface area contributed by atoms with Gasteiger partial charge in [-0.2, -0.15) is 13.5 Å². The molecule has 3 aromatic rings. The molecule has 0 atom stereocenters. The first-order chi connectivity index (χ1) is 9.83. The summed E-state index contributed by atoms with van der Waals surface area (Å²) in [5.74, 6) is 0. The van der Waals surface area contributed by atoms with Crippen molar-refractivity contribution in [2.24, 2.45) is 0 Å². The van der Waals surface area contributed by atoms with Gasteiger partial charge in [0, 0.05) is 17.4 Å². The monoisotopic (exact) mass is 342 g/mol. The standard InChI is InChI=1S/C12H10N4.CH4O3S.ClH/c13-10-5-3-9(4-6-10)11-8-16-12(15-11)2-1-7-14-16;1-5(2,3)4;/h1-8H,13H2;1H3,(H,2,3,4);1H. The number of halogens is 1. The van der Waals surface area contributed by atoms with Crippen LogP contribution in [0.15, 0.2) is 48.8 Å². The Morgan fingerprint density at radius 3 is 2.32 bits per heavy atom. The molecule has 0 aliphatic rings. The van der Waals surface area contributed by atoms with Crippen LogP contribution in [0, 0.1) is 0 Å². The Kier molecular flexibility index (Phi) is 5.86. The molecule has 0 aliphatic carbocycles. The Hall–Kier alpha value is -2.16. The van der Waals surface area contributed by atoms with Crippen molar-refractivity contribution in [1.29, 1.82) is 0 Å². The van der Waals surface area contributed by atoms with Gasteiger partial charge < -0.3 is 5.73 Å². The number of hydrogen-bond donors (Lipinski definition) is 2. The van der Waals surface area contributed by atoms with Gasteiger partial charge in [0.05, 0.1) is 18.1 Å². The van der Waals surface area contributed by atoms with E-state index in [1.165, 1.54) is 0 Å². The third kappa shape index (κ3) is 5.32. The van der Waals surface area contributed by atoms with Gasteiger partial charge in [0.2, 0.25) is 0 Å². The van der Waals surface area contributed by atoms with Crippen molar-refractivity contribution in [2.45, 2.75) is 0 Å². The van der Waals surface area contributed by atoms with E-state index in [0.29, 0.717) is 6.26 Å². The first-order valence-electron chi connectivity index (χ1n) is 5.92. The molecule has 1 aromatic carbocycles. The lowest BCUT2D eigenvalue weighted by Gasteiger charge is -1.95. The van der Waals surface area contributed by atoms with Gasteiger partial charge in [-0.25, -0.2) is 9.50 Å². The fourth-order valence-electron chi connectivity index (χ4n) is 1.62. The zero-order valence-electron chi connectivity index (χ0n) is 11.6. The summed E-state index contributed by atoms with van der Waals surface area (Å²) < 4.78 is 27.6. The van der Waals surface area contributed by atoms with E-state index in [1.54, 1.807) is 10.7 Å². The summed E-state index contributed by atoms with van der Waals surface area (Å²) in [5, 5.41) is 4.17. The van der Waals surface area contributed by atoms with Gasteiger partial charge in [-0.15, -0.1) is 12.4 Å². The molecule has 9 heteroatoms. The Balaban J connectivity index is 0.000000356. The molecular weight excluding hydrogens is 328 g/mol. The zero-order valence-corrected chi connectivity index (χ0v) is 13.3. The predicted octanol–water partition coefficient (Wildman–Crippen LogP) is 1.90. The average molecular weight is 343 g/mol. The lowest BCUT2D eigenvalue weighted by atomic mass is 10.1. The van der Waals surface area contributed by atoms with E-state index < -0.39 is 10.1 Å². The van der Waals surface area contributed by atoms with Crippen LogP contribution in [0.2, 0.25) is 0 Å². The maximum absolute atomic E-state index is 9.19. The quantitative estimate of drug-likeness (QED) is 0.516. The first kappa shape index (κ1) is 17.9. The molecule has 0 saturated heterocycles. The number of anilines is 1. The van der Waals surface area contributed by atoms with Crippen LogP contribution in [0.4, 0.5) is 5.69 Å². The smallest absolute Gasteiger partial charge is 0.261 e. The first-order valence-corrected chi connectivity index (χ1v) is 7.76. The van der Waals surface area contributed by atoms with Gasteiger partial charge in [-0.05, 0) is 24.3 Å². The number of fused-ring (bicyclic) bond motifs is 1. The minimum Gasteiger partial charge on any atom is -0.399 e. The molecule has 2 aromatic heterocycles. The van der Waals surface area contributed by atoms with Crippen LogP contribution in [0.5, 0.6) is 0 Å². The van der Waals surface area contributed by atoms with E-state index in [-0.39, 0.29) is 12.4 Å². The van der Waals surface area contributed by atoms with Gasteiger partial charge in [0.1, 0.15) is 0 Å². The largest absolute Gasteiger partial charge is 0.399 e. The molecule has 0 bridgehead atoms. The Bertz CT molecular complexity index is 806. The molecule has 0 saturated carbocycles. The summed E-state index contributed by atoms with van der Waals surface area (Å²) in [6.07, 6.45) is 4.36. The lowest BCUT2D eigenvalue weighted by Crippen LogP contribution is -1.88. The number of imidazole rings is 1. The highest BCUT2D eigenvalue weighted by atomic mass is 35.5. The third-order valence-electron chi connectivity index (χ3n) is 2.44. The zero-order chi connectivity index (χ0) is 15.5. The summed E-state index contributed by atoms with van der Waals surface area (Å²) in [6.45, 7) is 0. The summed E-state index contributed by atoms with van der Waals surface area (Å²) in [4.78, 5) is 4.47. The van der Waals surface area contributed by atoms with Crippen molar-refractivity contribution >= 4 is 33.9 Å². The number of aromatic nitrogens is 3. The molecule has 0 radical (unpaired) electrons. The maximum Gasteiger partial charge on any atom is 0.261 e. The van der Waals surface area contributed by atoms with Gasteiger partial charge in [-0.3, -0.25) is 4.55 Å². The number of hydrogen-bond acceptors (Lipinski definition) is 5. The fourth-order valence-corrected chi connectivity index (χ4v) is 1.62. The SMILES string of the molecule is CS(=O)(=O)O.Cl.Nc1ccc(-c2cn3ncccc3n2)cc1. The number of nitrogen functional groups attached to an aromatic ring is 1. The molecule has 2 heterocycles. The number of benzene rings is 1. The normalized spacial score (nSPS) is 10.5. The van der Waals surface area contributed by atoms with Crippen LogP contribution < -0.4 is 5.73 Å². The van der Waals surface area contributed by atoms with Crippen LogP contribution in [0.1, 0.15) is 0 Å². The highest BCUT2D eigenvalue weighted by molar-refractivity contribution is 7.85. The second-order valence-corrected chi connectivity index (χ2v) is 5.77. The van der Waals surface area contributed by atoms with Gasteiger partial charge in [0.15, 0.2) is 5.65 Å². The molecule has 3 N–H and O–H groups in total. The van der Waals surface area contributed by atoms with Gasteiger partial charge in [-0.1, -0.05) is 12.1 Å². The van der Waals surface area contributed by atoms with Crippen LogP contribution in [0.3, 0.4) is 0 Å². The van der Waals surface area contributed by atoms with Crippen LogP contribution >= 0.6 is 12.4 Å². The minimum atomic E-state index is -3.67. The van der Waals surface area contributed by atoms with E-state index >= 15 is 0 Å². The van der Waals surface area contributed by atoms with E-state index in [9.17, 15) is 8.42 Å². The molecule has 0 fully saturated rings. The molecular formula is C13H15ClN4O3S. The van der Waals surface area contributed by atoms with Crippen molar-refractivity contribution in [3.8, 4) is 11.3 Å². The summed E-state index contributed by atoms with van der Waals surface area (Å²) in [7, 11) is -3.67. The van der Waals surface area contributed by atoms with Crippen molar-refractivity contribution in [2.75, 3.05) is 12.0 Å². The predicted molar refractivity (Wildman–Crippen MR) is 87.6 cm³/mol. The third-order valence-corrected chi connectivity index (χ3v) is 2.44. The summed E-state index contributed by atoms with van der Waals surface area (Å²) >= 11 is 0. The summed E-state index contributed by atoms with van der Waals surface area (Å²) in [5.41, 5.74) is 9.18. The maximum atomic E-state index is 9.19. The number of nitrogens with zero attached hydrogens (tertiary/aromatic N) is 3. The van der Waals surface area contributed by atoms with Crippen molar-refractivity contribution in [1.82, 2.24) is 14.6 Å². The number of rotatable bonds is 1. The Morgan fingerprint density at radius 2 is 1.77 bits per heavy atom. The molecule has 0 aliphatic heterocycles. The van der Waals surface area contributed by atoms with Crippen LogP contribution in [-0.2, 0) is 10.1 Å². The van der Waals surface area contributed by atoms with Crippen molar-refractivity contribution in [3.63, 3.8) is 0 Å². The van der Waals surface area contributed by atoms with Crippen molar-refractivity contribution in [3.05, 3.63) is 48.8 Å². The fraction of sp³-hybridized carbons (Fsp3) is 0.0769. The van der Waals surface area contributed by atoms with Crippen molar-refractivity contribution < 1.29 is 13.0 Å². The topological polar surface area (TPSA) is 111 Å². The van der Waals surface area contributed by atoms with E-state index in [1.807, 2.05) is 42.6 Å². The number of nitrogens with two attached hydrogens (primary N) is 1. The average Bonchev–Trinajstić information content (AvgIpc) is 2.81. The molecule has 3 rings (SSSR count). The Labute approximate surface area is 134 Å².